The van der Waals surface area contributed by atoms with Gasteiger partial charge in [-0.1, -0.05) is 12.1 Å². The second-order valence-electron chi connectivity index (χ2n) is 6.25. The number of fused-ring (bicyclic) bond motifs is 1. The number of hydrogen-bond acceptors (Lipinski definition) is 4. The number of carbonyl (C=O) groups excluding carboxylic acids is 1. The van der Waals surface area contributed by atoms with E-state index >= 15 is 0 Å². The summed E-state index contributed by atoms with van der Waals surface area (Å²) < 4.78 is 7.07. The van der Waals surface area contributed by atoms with Crippen LogP contribution in [0.3, 0.4) is 0 Å². The van der Waals surface area contributed by atoms with Gasteiger partial charge in [-0.05, 0) is 55.0 Å². The number of ether oxygens (including phenoxy) is 1. The van der Waals surface area contributed by atoms with Crippen molar-refractivity contribution < 1.29 is 9.53 Å². The summed E-state index contributed by atoms with van der Waals surface area (Å²) in [5, 5.41) is 0.512. The summed E-state index contributed by atoms with van der Waals surface area (Å²) in [6.45, 7) is 2.80. The molecule has 0 atom stereocenters. The van der Waals surface area contributed by atoms with E-state index in [0.29, 0.717) is 34.3 Å². The number of rotatable bonds is 5. The smallest absolute Gasteiger partial charge is 0.262 e. The van der Waals surface area contributed by atoms with Crippen molar-refractivity contribution in [3.8, 4) is 5.75 Å². The molecule has 3 rings (SSSR count). The van der Waals surface area contributed by atoms with Gasteiger partial charge in [-0.15, -0.1) is 0 Å². The molecule has 1 N–H and O–H groups in total. The van der Waals surface area contributed by atoms with E-state index in [4.69, 9.17) is 17.0 Å². The molecule has 6 nitrogen and oxygen atoms in total. The summed E-state index contributed by atoms with van der Waals surface area (Å²) in [5.41, 5.74) is 1.87. The molecule has 1 aromatic heterocycles. The highest BCUT2D eigenvalue weighted by Gasteiger charge is 2.14. The first-order chi connectivity index (χ1) is 12.9. The molecule has 27 heavy (non-hydrogen) atoms. The Morgan fingerprint density at radius 3 is 2.74 bits per heavy atom. The maximum absolute atomic E-state index is 12.8. The van der Waals surface area contributed by atoms with E-state index in [0.717, 1.165) is 11.3 Å². The highest BCUT2D eigenvalue weighted by atomic mass is 32.1. The van der Waals surface area contributed by atoms with Crippen LogP contribution in [0.4, 0.5) is 0 Å². The summed E-state index contributed by atoms with van der Waals surface area (Å²) >= 11 is 5.24. The van der Waals surface area contributed by atoms with Crippen molar-refractivity contribution in [2.24, 2.45) is 0 Å². The van der Waals surface area contributed by atoms with Gasteiger partial charge in [0.2, 0.25) is 0 Å². The van der Waals surface area contributed by atoms with Crippen LogP contribution >= 0.6 is 12.2 Å². The summed E-state index contributed by atoms with van der Waals surface area (Å²) in [4.78, 5) is 29.9. The Balaban J connectivity index is 1.90. The molecule has 0 saturated carbocycles. The fraction of sp³-hybridized carbons (Fsp3) is 0.250. The average molecular weight is 383 g/mol. The molecule has 140 valence electrons. The van der Waals surface area contributed by atoms with E-state index in [1.807, 2.05) is 31.2 Å². The number of aromatic amines is 1. The van der Waals surface area contributed by atoms with Crippen molar-refractivity contribution in [1.29, 1.82) is 0 Å². The monoisotopic (exact) mass is 383 g/mol. The van der Waals surface area contributed by atoms with Gasteiger partial charge in [0.15, 0.2) is 4.77 Å². The van der Waals surface area contributed by atoms with Gasteiger partial charge in [-0.2, -0.15) is 0 Å². The first-order valence-corrected chi connectivity index (χ1v) is 9.00. The van der Waals surface area contributed by atoms with Gasteiger partial charge in [0.05, 0.1) is 18.0 Å². The molecule has 0 fully saturated rings. The number of nitrogens with zero attached hydrogens (tertiary/aromatic N) is 2. The van der Waals surface area contributed by atoms with E-state index in [-0.39, 0.29) is 11.5 Å². The van der Waals surface area contributed by atoms with Gasteiger partial charge in [-0.25, -0.2) is 0 Å². The number of hydrogen-bond donors (Lipinski definition) is 1. The number of nitrogens with one attached hydrogen (secondary N) is 1. The topological polar surface area (TPSA) is 67.3 Å². The van der Waals surface area contributed by atoms with Crippen molar-refractivity contribution in [1.82, 2.24) is 14.5 Å². The summed E-state index contributed by atoms with van der Waals surface area (Å²) in [6.07, 6.45) is 0. The Hall–Kier alpha value is -2.93. The van der Waals surface area contributed by atoms with Crippen molar-refractivity contribution in [3.05, 3.63) is 68.7 Å². The predicted molar refractivity (Wildman–Crippen MR) is 108 cm³/mol. The highest BCUT2D eigenvalue weighted by molar-refractivity contribution is 7.71. The lowest BCUT2D eigenvalue weighted by atomic mass is 10.1. The van der Waals surface area contributed by atoms with Crippen LogP contribution in [0.2, 0.25) is 0 Å². The molecular weight excluding hydrogens is 362 g/mol. The summed E-state index contributed by atoms with van der Waals surface area (Å²) in [5.74, 6) is 0.609. The zero-order chi connectivity index (χ0) is 19.6. The van der Waals surface area contributed by atoms with Crippen LogP contribution in [0.15, 0.2) is 47.3 Å². The molecule has 1 heterocycles. The molecule has 0 radical (unpaired) electrons. The molecule has 7 heteroatoms. The lowest BCUT2D eigenvalue weighted by molar-refractivity contribution is 0.0785. The van der Waals surface area contributed by atoms with E-state index in [2.05, 4.69) is 4.98 Å². The molecule has 0 saturated heterocycles. The highest BCUT2D eigenvalue weighted by Crippen LogP contribution is 2.16. The number of methoxy groups -OCH3 is 1. The maximum atomic E-state index is 12.8. The van der Waals surface area contributed by atoms with Gasteiger partial charge in [0, 0.05) is 25.7 Å². The minimum Gasteiger partial charge on any atom is -0.497 e. The second-order valence-corrected chi connectivity index (χ2v) is 6.64. The van der Waals surface area contributed by atoms with E-state index in [9.17, 15) is 9.59 Å². The first-order valence-electron chi connectivity index (χ1n) is 8.60. The minimum atomic E-state index is -0.153. The number of aromatic nitrogens is 2. The third-order valence-electron chi connectivity index (χ3n) is 4.45. The van der Waals surface area contributed by atoms with E-state index in [1.54, 1.807) is 37.3 Å². The fourth-order valence-corrected chi connectivity index (χ4v) is 3.33. The average Bonchev–Trinajstić information content (AvgIpc) is 2.67. The molecule has 0 unspecified atom stereocenters. The zero-order valence-corrected chi connectivity index (χ0v) is 16.3. The van der Waals surface area contributed by atoms with Gasteiger partial charge < -0.3 is 14.6 Å². The standard InChI is InChI=1S/C20H21N3O3S/c1-4-23-19(25)16-9-8-14(11-17(16)21-20(23)27)18(24)22(2)12-13-6-5-7-15(10-13)26-3/h5-11H,4,12H2,1-3H3,(H,21,27). The molecular formula is C20H21N3O3S. The minimum absolute atomic E-state index is 0.140. The lowest BCUT2D eigenvalue weighted by Gasteiger charge is -2.18. The third-order valence-corrected chi connectivity index (χ3v) is 4.77. The van der Waals surface area contributed by atoms with Crippen LogP contribution < -0.4 is 10.3 Å². The molecule has 2 aromatic carbocycles. The molecule has 0 bridgehead atoms. The van der Waals surface area contributed by atoms with Crippen LogP contribution in [-0.4, -0.2) is 34.5 Å². The predicted octanol–water partition coefficient (Wildman–Crippen LogP) is 3.36. The SMILES string of the molecule is CCn1c(=S)[nH]c2cc(C(=O)N(C)Cc3cccc(OC)c3)ccc2c1=O. The normalized spacial score (nSPS) is 10.8. The number of carbonyl (C=O) groups is 1. The molecule has 1 amide bonds. The Morgan fingerprint density at radius 2 is 2.04 bits per heavy atom. The second kappa shape index (κ2) is 7.75. The Morgan fingerprint density at radius 1 is 1.26 bits per heavy atom. The molecule has 0 aliphatic rings. The van der Waals surface area contributed by atoms with Crippen LogP contribution in [-0.2, 0) is 13.1 Å². The van der Waals surface area contributed by atoms with Crippen LogP contribution in [0.1, 0.15) is 22.8 Å². The molecule has 0 aliphatic heterocycles. The quantitative estimate of drug-likeness (QED) is 0.686. The maximum Gasteiger partial charge on any atom is 0.262 e. The van der Waals surface area contributed by atoms with Gasteiger partial charge >= 0.3 is 0 Å². The number of amides is 1. The first kappa shape index (κ1) is 18.8. The van der Waals surface area contributed by atoms with Crippen molar-refractivity contribution >= 4 is 29.0 Å². The van der Waals surface area contributed by atoms with Crippen LogP contribution in [0, 0.1) is 4.77 Å². The van der Waals surface area contributed by atoms with Gasteiger partial charge in [-0.3, -0.25) is 14.2 Å². The molecule has 0 aliphatic carbocycles. The molecule has 0 spiro atoms. The summed E-state index contributed by atoms with van der Waals surface area (Å²) in [7, 11) is 3.35. The van der Waals surface area contributed by atoms with Crippen LogP contribution in [0.25, 0.3) is 10.9 Å². The fourth-order valence-electron chi connectivity index (χ4n) is 3.01. The number of H-pyrrole nitrogens is 1. The zero-order valence-electron chi connectivity index (χ0n) is 15.5. The van der Waals surface area contributed by atoms with Crippen LogP contribution in [0.5, 0.6) is 5.75 Å². The Labute approximate surface area is 162 Å². The third kappa shape index (κ3) is 3.78. The van der Waals surface area contributed by atoms with Crippen molar-refractivity contribution in [2.75, 3.05) is 14.2 Å². The van der Waals surface area contributed by atoms with Gasteiger partial charge in [0.1, 0.15) is 5.75 Å². The Kier molecular flexibility index (Phi) is 5.41. The molecule has 3 aromatic rings. The van der Waals surface area contributed by atoms with E-state index in [1.165, 1.54) is 4.57 Å². The van der Waals surface area contributed by atoms with E-state index < -0.39 is 0 Å². The van der Waals surface area contributed by atoms with Crippen molar-refractivity contribution in [2.45, 2.75) is 20.0 Å². The largest absolute Gasteiger partial charge is 0.497 e. The Bertz CT molecular complexity index is 1120. The van der Waals surface area contributed by atoms with Crippen molar-refractivity contribution in [3.63, 3.8) is 0 Å². The van der Waals surface area contributed by atoms with Gasteiger partial charge in [0.25, 0.3) is 11.5 Å². The number of benzene rings is 2. The summed E-state index contributed by atoms with van der Waals surface area (Å²) in [6, 6.07) is 12.6. The lowest BCUT2D eigenvalue weighted by Crippen LogP contribution is -2.26.